The van der Waals surface area contributed by atoms with Crippen LogP contribution in [-0.2, 0) is 30.4 Å². The minimum Gasteiger partial charge on any atom is -0.508 e. The maximum Gasteiger partial charge on any atom is 0.327 e. The van der Waals surface area contributed by atoms with Gasteiger partial charge in [-0.3, -0.25) is 19.2 Å². The number of carboxylic acid groups (broad SMARTS) is 2. The average molecular weight is 471 g/mol. The Balaban J connectivity index is 3.03. The Labute approximate surface area is 189 Å². The van der Waals surface area contributed by atoms with Crippen molar-refractivity contribution >= 4 is 42.3 Å². The average Bonchev–Trinajstić information content (AvgIpc) is 2.74. The molecule has 3 atom stereocenters. The zero-order chi connectivity index (χ0) is 24.3. The minimum atomic E-state index is -1.38. The predicted octanol–water partition coefficient (Wildman–Crippen LogP) is -1.77. The van der Waals surface area contributed by atoms with Crippen LogP contribution in [0.5, 0.6) is 5.75 Å². The molecule has 176 valence electrons. The molecule has 8 N–H and O–H groups in total. The van der Waals surface area contributed by atoms with Crippen molar-refractivity contribution in [3.05, 3.63) is 29.8 Å². The van der Waals surface area contributed by atoms with E-state index in [1.807, 2.05) is 0 Å². The molecule has 0 aliphatic rings. The number of benzene rings is 1. The molecule has 0 saturated heterocycles. The van der Waals surface area contributed by atoms with E-state index >= 15 is 0 Å². The van der Waals surface area contributed by atoms with Gasteiger partial charge in [0.25, 0.3) is 0 Å². The van der Waals surface area contributed by atoms with Crippen LogP contribution in [0, 0.1) is 0 Å². The maximum absolute atomic E-state index is 12.8. The number of carbonyl (C=O) groups is 5. The van der Waals surface area contributed by atoms with E-state index < -0.39 is 60.8 Å². The molecular weight excluding hydrogens is 444 g/mol. The Bertz CT molecular complexity index is 833. The van der Waals surface area contributed by atoms with Gasteiger partial charge in [-0.25, -0.2) is 4.79 Å². The summed E-state index contributed by atoms with van der Waals surface area (Å²) in [6.45, 7) is -0.398. The fraction of sp³-hybridized carbons (Fsp3) is 0.421. The van der Waals surface area contributed by atoms with Gasteiger partial charge in [-0.15, -0.1) is 0 Å². The van der Waals surface area contributed by atoms with Crippen LogP contribution in [-0.4, -0.2) is 75.4 Å². The number of carbonyl (C=O) groups excluding carboxylic acids is 3. The van der Waals surface area contributed by atoms with Crippen LogP contribution < -0.4 is 21.7 Å². The standard InChI is InChI=1S/C19H26N4O8S/c20-8-15(25)21-13(7-10-1-3-11(24)4-2-10)18(29)22-12(5-6-16(26)27)17(28)23-14(9-32)19(30)31/h1-4,12-14,24,32H,5-9,20H2,(H,21,25)(H,22,29)(H,23,28)(H,26,27)(H,30,31). The van der Waals surface area contributed by atoms with Gasteiger partial charge in [0.2, 0.25) is 17.7 Å². The summed E-state index contributed by atoms with van der Waals surface area (Å²) in [7, 11) is 0. The number of carboxylic acids is 2. The summed E-state index contributed by atoms with van der Waals surface area (Å²) in [4.78, 5) is 59.2. The lowest BCUT2D eigenvalue weighted by atomic mass is 10.0. The Kier molecular flexibility index (Phi) is 11.0. The molecule has 0 saturated carbocycles. The van der Waals surface area contributed by atoms with Gasteiger partial charge in [0.05, 0.1) is 6.54 Å². The van der Waals surface area contributed by atoms with Crippen LogP contribution in [0.4, 0.5) is 0 Å². The molecule has 0 heterocycles. The predicted molar refractivity (Wildman–Crippen MR) is 115 cm³/mol. The summed E-state index contributed by atoms with van der Waals surface area (Å²) >= 11 is 3.84. The van der Waals surface area contributed by atoms with Gasteiger partial charge in [-0.2, -0.15) is 12.6 Å². The molecule has 0 bridgehead atoms. The summed E-state index contributed by atoms with van der Waals surface area (Å²) in [5, 5.41) is 34.4. The first-order valence-corrected chi connectivity index (χ1v) is 10.1. The second-order valence-corrected chi connectivity index (χ2v) is 7.14. The number of nitrogens with two attached hydrogens (primary N) is 1. The van der Waals surface area contributed by atoms with Gasteiger partial charge >= 0.3 is 11.9 Å². The molecule has 0 aliphatic heterocycles. The first-order chi connectivity index (χ1) is 15.1. The van der Waals surface area contributed by atoms with Crippen LogP contribution in [0.15, 0.2) is 24.3 Å². The van der Waals surface area contributed by atoms with Crippen LogP contribution >= 0.6 is 12.6 Å². The van der Waals surface area contributed by atoms with Gasteiger partial charge in [0.15, 0.2) is 0 Å². The quantitative estimate of drug-likeness (QED) is 0.153. The lowest BCUT2D eigenvalue weighted by Crippen LogP contribution is -2.57. The van der Waals surface area contributed by atoms with Crippen LogP contribution in [0.1, 0.15) is 18.4 Å². The van der Waals surface area contributed by atoms with E-state index in [0.29, 0.717) is 5.56 Å². The number of hydrogen-bond donors (Lipinski definition) is 8. The largest absolute Gasteiger partial charge is 0.508 e. The lowest BCUT2D eigenvalue weighted by molar-refractivity contribution is -0.142. The van der Waals surface area contributed by atoms with Gasteiger partial charge in [-0.05, 0) is 24.1 Å². The number of thiol groups is 1. The summed E-state index contributed by atoms with van der Waals surface area (Å²) in [5.41, 5.74) is 5.87. The third kappa shape index (κ3) is 9.22. The number of hydrogen-bond acceptors (Lipinski definition) is 8. The molecule has 0 aromatic heterocycles. The molecule has 1 rings (SSSR count). The van der Waals surface area contributed by atoms with Crippen molar-refractivity contribution in [2.75, 3.05) is 12.3 Å². The van der Waals surface area contributed by atoms with E-state index in [9.17, 15) is 29.1 Å². The number of rotatable bonds is 13. The van der Waals surface area contributed by atoms with Crippen LogP contribution in [0.2, 0.25) is 0 Å². The molecule has 0 radical (unpaired) electrons. The summed E-state index contributed by atoms with van der Waals surface area (Å²) < 4.78 is 0. The van der Waals surface area contributed by atoms with Gasteiger partial charge in [-0.1, -0.05) is 12.1 Å². The maximum atomic E-state index is 12.8. The normalized spacial score (nSPS) is 13.3. The molecule has 32 heavy (non-hydrogen) atoms. The van der Waals surface area contributed by atoms with E-state index in [1.165, 1.54) is 24.3 Å². The van der Waals surface area contributed by atoms with Gasteiger partial charge in [0.1, 0.15) is 23.9 Å². The number of phenols is 1. The van der Waals surface area contributed by atoms with Gasteiger partial charge in [0, 0.05) is 18.6 Å². The number of aromatic hydroxyl groups is 1. The smallest absolute Gasteiger partial charge is 0.327 e. The van der Waals surface area contributed by atoms with Crippen molar-refractivity contribution in [2.45, 2.75) is 37.4 Å². The molecule has 0 aliphatic carbocycles. The zero-order valence-electron chi connectivity index (χ0n) is 17.0. The second-order valence-electron chi connectivity index (χ2n) is 6.77. The van der Waals surface area contributed by atoms with Crippen molar-refractivity contribution in [3.63, 3.8) is 0 Å². The van der Waals surface area contributed by atoms with Crippen molar-refractivity contribution < 1.29 is 39.3 Å². The molecule has 12 nitrogen and oxygen atoms in total. The zero-order valence-corrected chi connectivity index (χ0v) is 17.9. The van der Waals surface area contributed by atoms with E-state index in [1.54, 1.807) is 0 Å². The van der Waals surface area contributed by atoms with E-state index in [0.717, 1.165) is 0 Å². The van der Waals surface area contributed by atoms with E-state index in [2.05, 4.69) is 28.6 Å². The van der Waals surface area contributed by atoms with E-state index in [4.69, 9.17) is 15.9 Å². The van der Waals surface area contributed by atoms with Crippen LogP contribution in [0.25, 0.3) is 0 Å². The van der Waals surface area contributed by atoms with E-state index in [-0.39, 0.29) is 24.3 Å². The highest BCUT2D eigenvalue weighted by atomic mass is 32.1. The summed E-state index contributed by atoms with van der Waals surface area (Å²) in [6, 6.07) is 1.95. The van der Waals surface area contributed by atoms with Crippen molar-refractivity contribution in [3.8, 4) is 5.75 Å². The Morgan fingerprint density at radius 1 is 0.906 bits per heavy atom. The molecule has 1 aromatic carbocycles. The highest BCUT2D eigenvalue weighted by Gasteiger charge is 2.29. The molecule has 3 amide bonds. The molecule has 0 spiro atoms. The molecule has 13 heteroatoms. The molecule has 0 fully saturated rings. The monoisotopic (exact) mass is 470 g/mol. The van der Waals surface area contributed by atoms with Crippen molar-refractivity contribution in [2.24, 2.45) is 5.73 Å². The number of nitrogens with one attached hydrogen (secondary N) is 3. The number of amides is 3. The van der Waals surface area contributed by atoms with Crippen molar-refractivity contribution in [1.29, 1.82) is 0 Å². The Morgan fingerprint density at radius 2 is 1.47 bits per heavy atom. The minimum absolute atomic E-state index is 0.00308. The highest BCUT2D eigenvalue weighted by molar-refractivity contribution is 7.80. The molecule has 1 aromatic rings. The second kappa shape index (κ2) is 13.2. The fourth-order valence-corrected chi connectivity index (χ4v) is 2.84. The highest BCUT2D eigenvalue weighted by Crippen LogP contribution is 2.12. The summed E-state index contributed by atoms with van der Waals surface area (Å²) in [5.74, 6) is -5.15. The Morgan fingerprint density at radius 3 is 1.97 bits per heavy atom. The third-order valence-electron chi connectivity index (χ3n) is 4.29. The molecular formula is C19H26N4O8S. The number of aliphatic carboxylic acids is 2. The lowest BCUT2D eigenvalue weighted by Gasteiger charge is -2.24. The third-order valence-corrected chi connectivity index (χ3v) is 4.66. The first-order valence-electron chi connectivity index (χ1n) is 9.50. The Hall–Kier alpha value is -3.32. The SMILES string of the molecule is NCC(=O)NC(Cc1ccc(O)cc1)C(=O)NC(CCC(=O)O)C(=O)NC(CS)C(=O)O. The first kappa shape index (κ1) is 26.7. The number of phenolic OH excluding ortho intramolecular Hbond substituents is 1. The molecule has 3 unspecified atom stereocenters. The topological polar surface area (TPSA) is 208 Å². The fourth-order valence-electron chi connectivity index (χ4n) is 2.60. The van der Waals surface area contributed by atoms with Crippen LogP contribution in [0.3, 0.4) is 0 Å². The van der Waals surface area contributed by atoms with Gasteiger partial charge < -0.3 is 37.0 Å². The summed E-state index contributed by atoms with van der Waals surface area (Å²) in [6.07, 6.45) is -0.809. The van der Waals surface area contributed by atoms with Crippen molar-refractivity contribution in [1.82, 2.24) is 16.0 Å².